The fraction of sp³-hybridized carbons (Fsp3) is 0.818. The van der Waals surface area contributed by atoms with E-state index in [1.807, 2.05) is 0 Å². The topological polar surface area (TPSA) is 256 Å². The lowest BCUT2D eigenvalue weighted by molar-refractivity contribution is -0.165. The average molecular weight is 393 g/mol. The summed E-state index contributed by atoms with van der Waals surface area (Å²) in [5.41, 5.74) is 3.49. The van der Waals surface area contributed by atoms with Crippen LogP contribution in [0.3, 0.4) is 0 Å². The maximum Gasteiger partial charge on any atom is 0.335 e. The molecule has 14 heteroatoms. The number of carbonyl (C=O) groups is 2. The summed E-state index contributed by atoms with van der Waals surface area (Å²) in [4.78, 5) is 19.5. The molecule has 150 valence electrons. The Morgan fingerprint density at radius 2 is 1.24 bits per heavy atom. The highest BCUT2D eigenvalue weighted by Crippen LogP contribution is 2.28. The second-order valence-electron chi connectivity index (χ2n) is 4.98. The molecule has 0 saturated heterocycles. The van der Waals surface area contributed by atoms with E-state index in [0.717, 1.165) is 0 Å². The Morgan fingerprint density at radius 1 is 0.920 bits per heavy atom. The molecule has 0 fully saturated rings. The first-order valence-electron chi connectivity index (χ1n) is 6.65. The van der Waals surface area contributed by atoms with Crippen molar-refractivity contribution in [2.75, 3.05) is 26.4 Å². The zero-order valence-electron chi connectivity index (χ0n) is 13.0. The Balaban J connectivity index is 0. The number of hydrogen-bond donors (Lipinski definition) is 9. The van der Waals surface area contributed by atoms with Crippen molar-refractivity contribution in [2.45, 2.75) is 23.9 Å². The van der Waals surface area contributed by atoms with E-state index in [2.05, 4.69) is 0 Å². The predicted molar refractivity (Wildman–Crippen MR) is 80.0 cm³/mol. The van der Waals surface area contributed by atoms with Crippen molar-refractivity contribution in [3.05, 3.63) is 0 Å². The molecule has 0 radical (unpaired) electrons. The van der Waals surface area contributed by atoms with Gasteiger partial charge in [0.25, 0.3) is 10.1 Å². The van der Waals surface area contributed by atoms with Gasteiger partial charge in [-0.15, -0.1) is 0 Å². The van der Waals surface area contributed by atoms with Crippen molar-refractivity contribution in [2.24, 2.45) is 11.1 Å². The van der Waals surface area contributed by atoms with Crippen LogP contribution in [0.15, 0.2) is 0 Å². The molecule has 0 saturated carbocycles. The first-order chi connectivity index (χ1) is 11.3. The second kappa shape index (κ2) is 11.3. The third-order valence-electron chi connectivity index (χ3n) is 3.22. The number of hydrogen-bond acceptors (Lipinski definition) is 10. The van der Waals surface area contributed by atoms with Gasteiger partial charge < -0.3 is 41.5 Å². The molecular formula is C11H23NO12S. The molecule has 25 heavy (non-hydrogen) atoms. The molecule has 10 N–H and O–H groups in total. The van der Waals surface area contributed by atoms with Gasteiger partial charge in [0.1, 0.15) is 0 Å². The van der Waals surface area contributed by atoms with E-state index in [-0.39, 0.29) is 13.0 Å². The van der Waals surface area contributed by atoms with Crippen molar-refractivity contribution in [3.8, 4) is 0 Å². The van der Waals surface area contributed by atoms with Gasteiger partial charge in [-0.1, -0.05) is 0 Å². The SMILES string of the molecule is NCCC(C(CO)(CO)CO)S(=O)(=O)O.O=C(O)C(O)C(O)C(=O)O. The summed E-state index contributed by atoms with van der Waals surface area (Å²) in [5, 5.41) is 58.1. The first-order valence-corrected chi connectivity index (χ1v) is 8.15. The molecule has 13 nitrogen and oxygen atoms in total. The Labute approximate surface area is 142 Å². The van der Waals surface area contributed by atoms with E-state index in [0.29, 0.717) is 0 Å². The smallest absolute Gasteiger partial charge is 0.335 e. The molecule has 0 aromatic heterocycles. The minimum atomic E-state index is -4.48. The number of aliphatic carboxylic acids is 2. The molecule has 0 rings (SSSR count). The first kappa shape index (κ1) is 25.8. The molecule has 0 spiro atoms. The normalized spacial score (nSPS) is 15.5. The Bertz CT molecular complexity index is 491. The minimum absolute atomic E-state index is 0.0494. The van der Waals surface area contributed by atoms with Crippen molar-refractivity contribution < 1.29 is 58.3 Å². The number of carboxylic acid groups (broad SMARTS) is 2. The highest BCUT2D eigenvalue weighted by Gasteiger charge is 2.44. The van der Waals surface area contributed by atoms with Crippen LogP contribution in [0.25, 0.3) is 0 Å². The van der Waals surface area contributed by atoms with Crippen LogP contribution in [0.1, 0.15) is 6.42 Å². The number of rotatable bonds is 10. The quantitative estimate of drug-likeness (QED) is 0.159. The van der Waals surface area contributed by atoms with E-state index in [9.17, 15) is 18.0 Å². The third-order valence-corrected chi connectivity index (χ3v) is 4.68. The van der Waals surface area contributed by atoms with Gasteiger partial charge in [0.15, 0.2) is 12.2 Å². The van der Waals surface area contributed by atoms with E-state index < -0.39 is 64.8 Å². The lowest BCUT2D eigenvalue weighted by Crippen LogP contribution is -2.49. The van der Waals surface area contributed by atoms with Gasteiger partial charge in [0.05, 0.1) is 30.5 Å². The van der Waals surface area contributed by atoms with Crippen LogP contribution in [0.5, 0.6) is 0 Å². The van der Waals surface area contributed by atoms with Crippen LogP contribution >= 0.6 is 0 Å². The predicted octanol–water partition coefficient (Wildman–Crippen LogP) is -4.57. The average Bonchev–Trinajstić information content (AvgIpc) is 2.54. The Hall–Kier alpha value is -1.39. The molecule has 0 aliphatic heterocycles. The number of aliphatic hydroxyl groups excluding tert-OH is 5. The van der Waals surface area contributed by atoms with Gasteiger partial charge in [-0.05, 0) is 13.0 Å². The van der Waals surface area contributed by atoms with Gasteiger partial charge in [0.2, 0.25) is 0 Å². The van der Waals surface area contributed by atoms with Crippen molar-refractivity contribution in [1.29, 1.82) is 0 Å². The fourth-order valence-corrected chi connectivity index (χ4v) is 2.94. The number of carboxylic acids is 2. The van der Waals surface area contributed by atoms with Gasteiger partial charge in [-0.25, -0.2) is 9.59 Å². The number of aliphatic hydroxyl groups is 5. The van der Waals surface area contributed by atoms with Crippen LogP contribution < -0.4 is 5.73 Å². The summed E-state index contributed by atoms with van der Waals surface area (Å²) >= 11 is 0. The van der Waals surface area contributed by atoms with E-state index in [1.165, 1.54) is 0 Å². The summed E-state index contributed by atoms with van der Waals surface area (Å²) in [6.07, 6.45) is -4.68. The molecule has 0 aromatic carbocycles. The highest BCUT2D eigenvalue weighted by atomic mass is 32.2. The second-order valence-corrected chi connectivity index (χ2v) is 6.58. The van der Waals surface area contributed by atoms with Crippen molar-refractivity contribution >= 4 is 22.1 Å². The van der Waals surface area contributed by atoms with Gasteiger partial charge in [0, 0.05) is 0 Å². The third kappa shape index (κ3) is 8.02. The van der Waals surface area contributed by atoms with Gasteiger partial charge in [-0.3, -0.25) is 4.55 Å². The Morgan fingerprint density at radius 3 is 1.40 bits per heavy atom. The molecule has 0 aliphatic carbocycles. The zero-order valence-corrected chi connectivity index (χ0v) is 13.8. The summed E-state index contributed by atoms with van der Waals surface area (Å²) < 4.78 is 30.9. The van der Waals surface area contributed by atoms with E-state index in [4.69, 9.17) is 46.0 Å². The van der Waals surface area contributed by atoms with E-state index >= 15 is 0 Å². The van der Waals surface area contributed by atoms with Crippen LogP contribution in [-0.2, 0) is 19.7 Å². The maximum absolute atomic E-state index is 11.0. The lowest BCUT2D eigenvalue weighted by atomic mass is 9.85. The van der Waals surface area contributed by atoms with E-state index in [1.54, 1.807) is 0 Å². The monoisotopic (exact) mass is 393 g/mol. The maximum atomic E-state index is 11.0. The highest BCUT2D eigenvalue weighted by molar-refractivity contribution is 7.86. The fourth-order valence-electron chi connectivity index (χ4n) is 1.65. The van der Waals surface area contributed by atoms with Crippen LogP contribution in [0, 0.1) is 5.41 Å². The molecule has 0 amide bonds. The summed E-state index contributed by atoms with van der Waals surface area (Å²) in [6, 6.07) is 0. The van der Waals surface area contributed by atoms with Crippen LogP contribution in [0.2, 0.25) is 0 Å². The van der Waals surface area contributed by atoms with Gasteiger partial charge in [-0.2, -0.15) is 8.42 Å². The summed E-state index contributed by atoms with van der Waals surface area (Å²) in [7, 11) is -4.48. The molecule has 0 bridgehead atoms. The Kier molecular flexibility index (Phi) is 11.7. The van der Waals surface area contributed by atoms with Crippen molar-refractivity contribution in [3.63, 3.8) is 0 Å². The molecule has 0 aromatic rings. The molecule has 0 aliphatic rings. The summed E-state index contributed by atoms with van der Waals surface area (Å²) in [6.45, 7) is -2.33. The molecular weight excluding hydrogens is 370 g/mol. The largest absolute Gasteiger partial charge is 0.479 e. The zero-order chi connectivity index (χ0) is 20.4. The van der Waals surface area contributed by atoms with Crippen LogP contribution in [-0.4, -0.2) is 104 Å². The standard InChI is InChI=1S/C7H17NO6S.C4H6O6/c8-2-1-6(15(12,13)14)7(3-9,4-10)5-11;5-1(3(7)8)2(6)4(9)10/h6,9-11H,1-5,8H2,(H,12,13,14);1-2,5-6H,(H,7,8)(H,9,10). The summed E-state index contributed by atoms with van der Waals surface area (Å²) in [5.74, 6) is -3.54. The minimum Gasteiger partial charge on any atom is -0.479 e. The molecule has 3 unspecified atom stereocenters. The molecule has 0 heterocycles. The lowest BCUT2D eigenvalue weighted by Gasteiger charge is -2.33. The number of nitrogens with two attached hydrogens (primary N) is 1. The van der Waals surface area contributed by atoms with Crippen LogP contribution in [0.4, 0.5) is 0 Å². The van der Waals surface area contributed by atoms with Gasteiger partial charge >= 0.3 is 11.9 Å². The van der Waals surface area contributed by atoms with Crippen molar-refractivity contribution in [1.82, 2.24) is 0 Å². The molecule has 3 atom stereocenters.